The van der Waals surface area contributed by atoms with Crippen molar-refractivity contribution < 1.29 is 9.21 Å². The first-order chi connectivity index (χ1) is 7.68. The van der Waals surface area contributed by atoms with Gasteiger partial charge in [-0.2, -0.15) is 0 Å². The normalized spacial score (nSPS) is 10.6. The first-order valence-corrected chi connectivity index (χ1v) is 5.31. The molecule has 1 amide bonds. The predicted molar refractivity (Wildman–Crippen MR) is 61.4 cm³/mol. The molecule has 0 spiro atoms. The molecular weight excluding hydrogens is 228 g/mol. The molecule has 4 nitrogen and oxygen atoms in total. The van der Waals surface area contributed by atoms with E-state index in [2.05, 4.69) is 10.3 Å². The lowest BCUT2D eigenvalue weighted by atomic mass is 10.1. The number of carbonyl (C=O) groups is 1. The minimum absolute atomic E-state index is 0.0347. The van der Waals surface area contributed by atoms with Crippen LogP contribution >= 0.6 is 11.6 Å². The Morgan fingerprint density at radius 1 is 1.62 bits per heavy atom. The highest BCUT2D eigenvalue weighted by molar-refractivity contribution is 6.33. The third-order valence-electron chi connectivity index (χ3n) is 2.29. The van der Waals surface area contributed by atoms with Crippen LogP contribution in [0.25, 0.3) is 11.0 Å². The Kier molecular flexibility index (Phi) is 3.10. The highest BCUT2D eigenvalue weighted by Gasteiger charge is 2.09. The standard InChI is InChI=1S/C11H11ClN2O2/c1-7(15)13-4-2-8-6-16-10-9(8)3-5-14-11(10)12/h3,5-6H,2,4H2,1H3,(H,13,15). The van der Waals surface area contributed by atoms with Crippen LogP contribution in [0.3, 0.4) is 0 Å². The van der Waals surface area contributed by atoms with Gasteiger partial charge in [-0.1, -0.05) is 11.6 Å². The molecule has 0 radical (unpaired) electrons. The van der Waals surface area contributed by atoms with Gasteiger partial charge in [0.15, 0.2) is 10.7 Å². The van der Waals surface area contributed by atoms with Crippen LogP contribution in [-0.4, -0.2) is 17.4 Å². The van der Waals surface area contributed by atoms with Crippen molar-refractivity contribution in [2.75, 3.05) is 6.54 Å². The summed E-state index contributed by atoms with van der Waals surface area (Å²) in [6, 6.07) is 1.85. The molecule has 0 atom stereocenters. The maximum atomic E-state index is 10.7. The summed E-state index contributed by atoms with van der Waals surface area (Å²) in [5, 5.41) is 4.05. The zero-order valence-electron chi connectivity index (χ0n) is 8.79. The van der Waals surface area contributed by atoms with Crippen molar-refractivity contribution in [1.29, 1.82) is 0 Å². The molecule has 2 rings (SSSR count). The number of nitrogens with zero attached hydrogens (tertiary/aromatic N) is 1. The van der Waals surface area contributed by atoms with Crippen molar-refractivity contribution in [3.05, 3.63) is 29.2 Å². The number of furan rings is 1. The number of carbonyl (C=O) groups excluding carboxylic acids is 1. The largest absolute Gasteiger partial charge is 0.461 e. The van der Waals surface area contributed by atoms with Crippen molar-refractivity contribution in [2.24, 2.45) is 0 Å². The molecule has 0 saturated carbocycles. The van der Waals surface area contributed by atoms with Crippen LogP contribution in [0.2, 0.25) is 5.15 Å². The van der Waals surface area contributed by atoms with E-state index in [1.807, 2.05) is 6.07 Å². The SMILES string of the molecule is CC(=O)NCCc1coc2c(Cl)nccc12. The number of pyridine rings is 1. The van der Waals surface area contributed by atoms with E-state index in [0.29, 0.717) is 23.7 Å². The highest BCUT2D eigenvalue weighted by Crippen LogP contribution is 2.25. The second kappa shape index (κ2) is 4.53. The van der Waals surface area contributed by atoms with Crippen molar-refractivity contribution in [1.82, 2.24) is 10.3 Å². The smallest absolute Gasteiger partial charge is 0.216 e. The number of rotatable bonds is 3. The molecule has 0 aliphatic heterocycles. The summed E-state index contributed by atoms with van der Waals surface area (Å²) >= 11 is 5.88. The Morgan fingerprint density at radius 3 is 3.19 bits per heavy atom. The first-order valence-electron chi connectivity index (χ1n) is 4.93. The molecule has 16 heavy (non-hydrogen) atoms. The molecule has 0 aliphatic rings. The summed E-state index contributed by atoms with van der Waals surface area (Å²) in [5.74, 6) is -0.0347. The van der Waals surface area contributed by atoms with Gasteiger partial charge in [0.1, 0.15) is 0 Å². The molecular formula is C11H11ClN2O2. The molecule has 2 aromatic heterocycles. The van der Waals surface area contributed by atoms with E-state index in [-0.39, 0.29) is 5.91 Å². The Hall–Kier alpha value is -1.55. The molecule has 0 bridgehead atoms. The number of fused-ring (bicyclic) bond motifs is 1. The van der Waals surface area contributed by atoms with Crippen LogP contribution in [0.5, 0.6) is 0 Å². The summed E-state index contributed by atoms with van der Waals surface area (Å²) in [7, 11) is 0. The third kappa shape index (κ3) is 2.17. The lowest BCUT2D eigenvalue weighted by molar-refractivity contribution is -0.118. The van der Waals surface area contributed by atoms with Gasteiger partial charge in [-0.05, 0) is 12.5 Å². The van der Waals surface area contributed by atoms with E-state index < -0.39 is 0 Å². The molecule has 1 N–H and O–H groups in total. The quantitative estimate of drug-likeness (QED) is 0.834. The summed E-state index contributed by atoms with van der Waals surface area (Å²) in [5.41, 5.74) is 1.62. The van der Waals surface area contributed by atoms with Crippen molar-refractivity contribution >= 4 is 28.5 Å². The molecule has 0 unspecified atom stereocenters. The number of halogens is 1. The van der Waals surface area contributed by atoms with Gasteiger partial charge in [-0.25, -0.2) is 4.98 Å². The zero-order valence-corrected chi connectivity index (χ0v) is 9.54. The van der Waals surface area contributed by atoms with Gasteiger partial charge in [-0.15, -0.1) is 0 Å². The van der Waals surface area contributed by atoms with E-state index in [9.17, 15) is 4.79 Å². The molecule has 0 saturated heterocycles. The van der Waals surface area contributed by atoms with Gasteiger partial charge in [0.2, 0.25) is 5.91 Å². The number of aromatic nitrogens is 1. The first kappa shape index (κ1) is 11.0. The molecule has 0 fully saturated rings. The van der Waals surface area contributed by atoms with Crippen LogP contribution in [-0.2, 0) is 11.2 Å². The minimum Gasteiger partial charge on any atom is -0.461 e. The van der Waals surface area contributed by atoms with E-state index in [0.717, 1.165) is 10.9 Å². The van der Waals surface area contributed by atoms with Gasteiger partial charge in [0, 0.05) is 30.6 Å². The summed E-state index contributed by atoms with van der Waals surface area (Å²) in [4.78, 5) is 14.7. The van der Waals surface area contributed by atoms with Crippen LogP contribution < -0.4 is 5.32 Å². The van der Waals surface area contributed by atoms with Crippen LogP contribution in [0.15, 0.2) is 22.9 Å². The van der Waals surface area contributed by atoms with Gasteiger partial charge >= 0.3 is 0 Å². The average Bonchev–Trinajstić information content (AvgIpc) is 2.63. The summed E-state index contributed by atoms with van der Waals surface area (Å²) in [6.07, 6.45) is 4.01. The van der Waals surface area contributed by atoms with Crippen molar-refractivity contribution in [2.45, 2.75) is 13.3 Å². The maximum Gasteiger partial charge on any atom is 0.216 e. The van der Waals surface area contributed by atoms with E-state index in [4.69, 9.17) is 16.0 Å². The maximum absolute atomic E-state index is 10.7. The Bertz CT molecular complexity index is 522. The minimum atomic E-state index is -0.0347. The average molecular weight is 239 g/mol. The van der Waals surface area contributed by atoms with Gasteiger partial charge < -0.3 is 9.73 Å². The number of hydrogen-bond donors (Lipinski definition) is 1. The van der Waals surface area contributed by atoms with E-state index in [1.165, 1.54) is 6.92 Å². The lowest BCUT2D eigenvalue weighted by Gasteiger charge is -1.99. The Balaban J connectivity index is 2.19. The monoisotopic (exact) mass is 238 g/mol. The Morgan fingerprint density at radius 2 is 2.44 bits per heavy atom. The summed E-state index contributed by atoms with van der Waals surface area (Å²) in [6.45, 7) is 2.08. The molecule has 84 valence electrons. The number of amides is 1. The second-order valence-corrected chi connectivity index (χ2v) is 3.83. The van der Waals surface area contributed by atoms with Gasteiger partial charge in [0.25, 0.3) is 0 Å². The molecule has 5 heteroatoms. The van der Waals surface area contributed by atoms with Crippen LogP contribution in [0.1, 0.15) is 12.5 Å². The third-order valence-corrected chi connectivity index (χ3v) is 2.56. The summed E-state index contributed by atoms with van der Waals surface area (Å²) < 4.78 is 5.33. The number of nitrogens with one attached hydrogen (secondary N) is 1. The lowest BCUT2D eigenvalue weighted by Crippen LogP contribution is -2.22. The fraction of sp³-hybridized carbons (Fsp3) is 0.273. The fourth-order valence-electron chi connectivity index (χ4n) is 1.55. The van der Waals surface area contributed by atoms with Crippen molar-refractivity contribution in [3.8, 4) is 0 Å². The molecule has 2 aromatic rings. The second-order valence-electron chi connectivity index (χ2n) is 3.47. The molecule has 0 aliphatic carbocycles. The molecule has 0 aromatic carbocycles. The van der Waals surface area contributed by atoms with E-state index >= 15 is 0 Å². The fourth-order valence-corrected chi connectivity index (χ4v) is 1.75. The Labute approximate surface area is 97.6 Å². The zero-order chi connectivity index (χ0) is 11.5. The van der Waals surface area contributed by atoms with Gasteiger partial charge in [0.05, 0.1) is 6.26 Å². The van der Waals surface area contributed by atoms with Gasteiger partial charge in [-0.3, -0.25) is 4.79 Å². The topological polar surface area (TPSA) is 55.1 Å². The highest BCUT2D eigenvalue weighted by atomic mass is 35.5. The predicted octanol–water partition coefficient (Wildman–Crippen LogP) is 2.16. The van der Waals surface area contributed by atoms with Crippen molar-refractivity contribution in [3.63, 3.8) is 0 Å². The van der Waals surface area contributed by atoms with Crippen LogP contribution in [0.4, 0.5) is 0 Å². The van der Waals surface area contributed by atoms with E-state index in [1.54, 1.807) is 12.5 Å². The number of hydrogen-bond acceptors (Lipinski definition) is 3. The van der Waals surface area contributed by atoms with Crippen LogP contribution in [0, 0.1) is 0 Å². The molecule has 2 heterocycles.